The summed E-state index contributed by atoms with van der Waals surface area (Å²) in [6.07, 6.45) is 3.24. The summed E-state index contributed by atoms with van der Waals surface area (Å²) in [6.45, 7) is 1.37. The SMILES string of the molecule is O=C(OCC(=O)N1CCCCC1)c1ccc(Br)cc1. The number of rotatable bonds is 3. The fourth-order valence-corrected chi connectivity index (χ4v) is 2.30. The molecule has 1 amide bonds. The van der Waals surface area contributed by atoms with E-state index in [0.717, 1.165) is 30.4 Å². The molecule has 0 radical (unpaired) electrons. The van der Waals surface area contributed by atoms with Crippen molar-refractivity contribution in [2.24, 2.45) is 0 Å². The molecule has 0 spiro atoms. The van der Waals surface area contributed by atoms with Gasteiger partial charge in [-0.1, -0.05) is 15.9 Å². The molecule has 0 aliphatic carbocycles. The highest BCUT2D eigenvalue weighted by Crippen LogP contribution is 2.12. The lowest BCUT2D eigenvalue weighted by molar-refractivity contribution is -0.135. The van der Waals surface area contributed by atoms with E-state index in [2.05, 4.69) is 15.9 Å². The van der Waals surface area contributed by atoms with E-state index in [1.807, 2.05) is 0 Å². The van der Waals surface area contributed by atoms with E-state index < -0.39 is 5.97 Å². The Balaban J connectivity index is 1.82. The number of halogens is 1. The van der Waals surface area contributed by atoms with E-state index in [4.69, 9.17) is 4.74 Å². The van der Waals surface area contributed by atoms with Crippen LogP contribution in [0.15, 0.2) is 28.7 Å². The first-order valence-corrected chi connectivity index (χ1v) is 7.16. The molecule has 5 heteroatoms. The van der Waals surface area contributed by atoms with Crippen LogP contribution in [0.4, 0.5) is 0 Å². The zero-order valence-corrected chi connectivity index (χ0v) is 12.2. The highest BCUT2D eigenvalue weighted by molar-refractivity contribution is 9.10. The number of hydrogen-bond acceptors (Lipinski definition) is 3. The molecule has 1 aliphatic rings. The van der Waals surface area contributed by atoms with E-state index in [0.29, 0.717) is 5.56 Å². The molecule has 1 fully saturated rings. The van der Waals surface area contributed by atoms with Crippen LogP contribution in [0.3, 0.4) is 0 Å². The fraction of sp³-hybridized carbons (Fsp3) is 0.429. The molecular formula is C14H16BrNO3. The van der Waals surface area contributed by atoms with Gasteiger partial charge in [0.05, 0.1) is 5.56 Å². The largest absolute Gasteiger partial charge is 0.452 e. The third-order valence-corrected chi connectivity index (χ3v) is 3.64. The zero-order valence-electron chi connectivity index (χ0n) is 10.6. The molecule has 0 saturated carbocycles. The summed E-state index contributed by atoms with van der Waals surface area (Å²) < 4.78 is 5.93. The average Bonchev–Trinajstić information content (AvgIpc) is 2.46. The number of carbonyl (C=O) groups is 2. The van der Waals surface area contributed by atoms with Crippen LogP contribution in [0.5, 0.6) is 0 Å². The number of amides is 1. The van der Waals surface area contributed by atoms with Gasteiger partial charge in [0.25, 0.3) is 5.91 Å². The fourth-order valence-electron chi connectivity index (χ4n) is 2.03. The molecule has 0 atom stereocenters. The first kappa shape index (κ1) is 14.1. The van der Waals surface area contributed by atoms with Crippen LogP contribution in [0.2, 0.25) is 0 Å². The van der Waals surface area contributed by atoms with E-state index in [-0.39, 0.29) is 12.5 Å². The third kappa shape index (κ3) is 4.06. The van der Waals surface area contributed by atoms with Gasteiger partial charge < -0.3 is 9.64 Å². The Hall–Kier alpha value is -1.36. The molecule has 4 nitrogen and oxygen atoms in total. The van der Waals surface area contributed by atoms with Crippen LogP contribution >= 0.6 is 15.9 Å². The number of likely N-dealkylation sites (tertiary alicyclic amines) is 1. The molecule has 2 rings (SSSR count). The molecular weight excluding hydrogens is 310 g/mol. The second-order valence-electron chi connectivity index (χ2n) is 4.52. The molecule has 0 aromatic heterocycles. The highest BCUT2D eigenvalue weighted by atomic mass is 79.9. The van der Waals surface area contributed by atoms with Crippen LogP contribution in [-0.4, -0.2) is 36.5 Å². The van der Waals surface area contributed by atoms with Gasteiger partial charge in [-0.05, 0) is 43.5 Å². The second kappa shape index (κ2) is 6.70. The Morgan fingerprint density at radius 2 is 1.74 bits per heavy atom. The second-order valence-corrected chi connectivity index (χ2v) is 5.44. The summed E-state index contributed by atoms with van der Waals surface area (Å²) in [6, 6.07) is 6.86. The Morgan fingerprint density at radius 1 is 1.11 bits per heavy atom. The van der Waals surface area contributed by atoms with Gasteiger partial charge in [-0.3, -0.25) is 4.79 Å². The Bertz CT molecular complexity index is 452. The molecule has 0 unspecified atom stereocenters. The quantitative estimate of drug-likeness (QED) is 0.802. The lowest BCUT2D eigenvalue weighted by Gasteiger charge is -2.26. The Labute approximate surface area is 120 Å². The van der Waals surface area contributed by atoms with Gasteiger partial charge in [-0.25, -0.2) is 4.79 Å². The summed E-state index contributed by atoms with van der Waals surface area (Å²) in [5.74, 6) is -0.567. The molecule has 1 heterocycles. The van der Waals surface area contributed by atoms with Crippen molar-refractivity contribution in [3.63, 3.8) is 0 Å². The summed E-state index contributed by atoms with van der Waals surface area (Å²) in [5, 5.41) is 0. The first-order chi connectivity index (χ1) is 9.16. The third-order valence-electron chi connectivity index (χ3n) is 3.12. The van der Waals surface area contributed by atoms with Gasteiger partial charge >= 0.3 is 5.97 Å². The minimum absolute atomic E-state index is 0.106. The molecule has 0 N–H and O–H groups in total. The number of piperidine rings is 1. The summed E-state index contributed by atoms with van der Waals surface area (Å²) >= 11 is 3.30. The lowest BCUT2D eigenvalue weighted by Crippen LogP contribution is -2.38. The van der Waals surface area contributed by atoms with Crippen LogP contribution in [-0.2, 0) is 9.53 Å². The zero-order chi connectivity index (χ0) is 13.7. The highest BCUT2D eigenvalue weighted by Gasteiger charge is 2.18. The minimum Gasteiger partial charge on any atom is -0.452 e. The predicted molar refractivity (Wildman–Crippen MR) is 74.9 cm³/mol. The maximum atomic E-state index is 11.8. The normalized spacial score (nSPS) is 15.1. The van der Waals surface area contributed by atoms with Crippen LogP contribution in [0.1, 0.15) is 29.6 Å². The topological polar surface area (TPSA) is 46.6 Å². The number of benzene rings is 1. The number of hydrogen-bond donors (Lipinski definition) is 0. The molecule has 1 aromatic rings. The standard InChI is InChI=1S/C14H16BrNO3/c15-12-6-4-11(5-7-12)14(18)19-10-13(17)16-8-2-1-3-9-16/h4-7H,1-3,8-10H2. The predicted octanol–water partition coefficient (Wildman–Crippen LogP) is 2.62. The van der Waals surface area contributed by atoms with Gasteiger partial charge in [0, 0.05) is 17.6 Å². The van der Waals surface area contributed by atoms with Gasteiger partial charge in [0.15, 0.2) is 6.61 Å². The maximum absolute atomic E-state index is 11.8. The molecule has 0 bridgehead atoms. The van der Waals surface area contributed by atoms with E-state index in [1.165, 1.54) is 6.42 Å². The number of ether oxygens (including phenoxy) is 1. The van der Waals surface area contributed by atoms with Crippen molar-refractivity contribution >= 4 is 27.8 Å². The molecule has 1 aromatic carbocycles. The first-order valence-electron chi connectivity index (χ1n) is 6.37. The Kier molecular flexibility index (Phi) is 4.96. The summed E-state index contributed by atoms with van der Waals surface area (Å²) in [7, 11) is 0. The average molecular weight is 326 g/mol. The van der Waals surface area contributed by atoms with Crippen LogP contribution in [0, 0.1) is 0 Å². The summed E-state index contributed by atoms with van der Waals surface area (Å²) in [5.41, 5.74) is 0.453. The van der Waals surface area contributed by atoms with Crippen molar-refractivity contribution in [3.8, 4) is 0 Å². The number of nitrogens with zero attached hydrogens (tertiary/aromatic N) is 1. The molecule has 102 valence electrons. The number of esters is 1. The lowest BCUT2D eigenvalue weighted by atomic mass is 10.1. The minimum atomic E-state index is -0.460. The van der Waals surface area contributed by atoms with Crippen molar-refractivity contribution in [3.05, 3.63) is 34.3 Å². The van der Waals surface area contributed by atoms with E-state index >= 15 is 0 Å². The number of carbonyl (C=O) groups excluding carboxylic acids is 2. The molecule has 19 heavy (non-hydrogen) atoms. The van der Waals surface area contributed by atoms with Gasteiger partial charge in [0.1, 0.15) is 0 Å². The summed E-state index contributed by atoms with van der Waals surface area (Å²) in [4.78, 5) is 25.3. The van der Waals surface area contributed by atoms with Crippen molar-refractivity contribution < 1.29 is 14.3 Å². The van der Waals surface area contributed by atoms with Crippen molar-refractivity contribution in [2.75, 3.05) is 19.7 Å². The monoisotopic (exact) mass is 325 g/mol. The van der Waals surface area contributed by atoms with Gasteiger partial charge in [-0.2, -0.15) is 0 Å². The van der Waals surface area contributed by atoms with Crippen molar-refractivity contribution in [1.29, 1.82) is 0 Å². The van der Waals surface area contributed by atoms with E-state index in [1.54, 1.807) is 29.2 Å². The Morgan fingerprint density at radius 3 is 2.37 bits per heavy atom. The van der Waals surface area contributed by atoms with Crippen molar-refractivity contribution in [1.82, 2.24) is 4.90 Å². The van der Waals surface area contributed by atoms with E-state index in [9.17, 15) is 9.59 Å². The smallest absolute Gasteiger partial charge is 0.338 e. The maximum Gasteiger partial charge on any atom is 0.338 e. The van der Waals surface area contributed by atoms with Crippen LogP contribution in [0.25, 0.3) is 0 Å². The molecule has 1 aliphatic heterocycles. The van der Waals surface area contributed by atoms with Gasteiger partial charge in [0.2, 0.25) is 0 Å². The molecule has 1 saturated heterocycles. The van der Waals surface area contributed by atoms with Crippen LogP contribution < -0.4 is 0 Å². The van der Waals surface area contributed by atoms with Crippen molar-refractivity contribution in [2.45, 2.75) is 19.3 Å². The van der Waals surface area contributed by atoms with Gasteiger partial charge in [-0.15, -0.1) is 0 Å².